The van der Waals surface area contributed by atoms with E-state index in [1.165, 1.54) is 17.7 Å². The predicted octanol–water partition coefficient (Wildman–Crippen LogP) is 2.98. The van der Waals surface area contributed by atoms with Gasteiger partial charge in [-0.05, 0) is 29.8 Å². The van der Waals surface area contributed by atoms with E-state index in [9.17, 15) is 4.39 Å². The minimum Gasteiger partial charge on any atom is -0.362 e. The fourth-order valence-corrected chi connectivity index (χ4v) is 2.62. The van der Waals surface area contributed by atoms with Gasteiger partial charge < -0.3 is 10.2 Å². The van der Waals surface area contributed by atoms with E-state index >= 15 is 0 Å². The number of anilines is 1. The molecule has 1 atom stereocenters. The van der Waals surface area contributed by atoms with Crippen molar-refractivity contribution in [3.63, 3.8) is 0 Å². The van der Waals surface area contributed by atoms with Crippen LogP contribution < -0.4 is 10.2 Å². The lowest BCUT2D eigenvalue weighted by molar-refractivity contribution is 0.489. The van der Waals surface area contributed by atoms with Crippen LogP contribution in [-0.2, 0) is 0 Å². The molecule has 0 aromatic heterocycles. The second kappa shape index (κ2) is 5.41. The highest BCUT2D eigenvalue weighted by Gasteiger charge is 2.23. The molecule has 1 saturated heterocycles. The summed E-state index contributed by atoms with van der Waals surface area (Å²) < 4.78 is 13.0. The van der Waals surface area contributed by atoms with Gasteiger partial charge in [0.15, 0.2) is 0 Å². The molecular formula is C16H17FN2. The lowest BCUT2D eigenvalue weighted by Crippen LogP contribution is -2.46. The number of rotatable bonds is 2. The number of benzene rings is 2. The number of hydrogen-bond acceptors (Lipinski definition) is 2. The molecule has 98 valence electrons. The zero-order chi connectivity index (χ0) is 13.1. The van der Waals surface area contributed by atoms with Crippen molar-refractivity contribution in [2.75, 3.05) is 24.5 Å². The van der Waals surface area contributed by atoms with E-state index in [4.69, 9.17) is 0 Å². The molecule has 0 radical (unpaired) electrons. The van der Waals surface area contributed by atoms with E-state index in [1.54, 1.807) is 0 Å². The van der Waals surface area contributed by atoms with Gasteiger partial charge in [0.1, 0.15) is 5.82 Å². The fraction of sp³-hybridized carbons (Fsp3) is 0.250. The third-order valence-corrected chi connectivity index (χ3v) is 3.59. The second-order valence-corrected chi connectivity index (χ2v) is 4.80. The highest BCUT2D eigenvalue weighted by atomic mass is 19.1. The van der Waals surface area contributed by atoms with Gasteiger partial charge in [-0.3, -0.25) is 0 Å². The average Bonchev–Trinajstić information content (AvgIpc) is 2.49. The molecule has 1 N–H and O–H groups in total. The highest BCUT2D eigenvalue weighted by Crippen LogP contribution is 2.28. The van der Waals surface area contributed by atoms with Gasteiger partial charge in [-0.2, -0.15) is 0 Å². The van der Waals surface area contributed by atoms with Gasteiger partial charge in [0, 0.05) is 25.3 Å². The number of nitrogens with zero attached hydrogens (tertiary/aromatic N) is 1. The maximum absolute atomic E-state index is 13.0. The van der Waals surface area contributed by atoms with Gasteiger partial charge in [0.2, 0.25) is 0 Å². The first kappa shape index (κ1) is 12.2. The number of nitrogens with one attached hydrogen (secondary N) is 1. The smallest absolute Gasteiger partial charge is 0.123 e. The Kier molecular flexibility index (Phi) is 3.47. The molecule has 0 amide bonds. The Hall–Kier alpha value is -1.87. The van der Waals surface area contributed by atoms with Gasteiger partial charge >= 0.3 is 0 Å². The van der Waals surface area contributed by atoms with Crippen LogP contribution in [0.1, 0.15) is 11.6 Å². The Morgan fingerprint density at radius 2 is 1.74 bits per heavy atom. The maximum atomic E-state index is 13.0. The van der Waals surface area contributed by atoms with Crippen LogP contribution in [-0.4, -0.2) is 19.6 Å². The normalized spacial score (nSPS) is 19.4. The molecule has 0 saturated carbocycles. The number of halogens is 1. The predicted molar refractivity (Wildman–Crippen MR) is 75.8 cm³/mol. The zero-order valence-electron chi connectivity index (χ0n) is 10.7. The average molecular weight is 256 g/mol. The Labute approximate surface area is 112 Å². The molecule has 2 aromatic carbocycles. The van der Waals surface area contributed by atoms with Gasteiger partial charge in [0.25, 0.3) is 0 Å². The van der Waals surface area contributed by atoms with Crippen molar-refractivity contribution in [2.45, 2.75) is 6.04 Å². The molecule has 1 aliphatic heterocycles. The summed E-state index contributed by atoms with van der Waals surface area (Å²) in [6, 6.07) is 17.5. The number of piperazine rings is 1. The molecule has 19 heavy (non-hydrogen) atoms. The standard InChI is InChI=1S/C16H17FN2/c17-14-6-8-15(9-7-14)19-11-10-18-12-16(19)13-4-2-1-3-5-13/h1-9,16,18H,10-12H2. The molecular weight excluding hydrogens is 239 g/mol. The van der Waals surface area contributed by atoms with E-state index in [2.05, 4.69) is 34.5 Å². The van der Waals surface area contributed by atoms with Crippen molar-refractivity contribution in [2.24, 2.45) is 0 Å². The molecule has 1 heterocycles. The van der Waals surface area contributed by atoms with Crippen LogP contribution in [0.2, 0.25) is 0 Å². The first-order valence-electron chi connectivity index (χ1n) is 6.62. The largest absolute Gasteiger partial charge is 0.362 e. The topological polar surface area (TPSA) is 15.3 Å². The Bertz CT molecular complexity index is 524. The van der Waals surface area contributed by atoms with E-state index in [0.717, 1.165) is 25.3 Å². The fourth-order valence-electron chi connectivity index (χ4n) is 2.62. The van der Waals surface area contributed by atoms with Crippen molar-refractivity contribution < 1.29 is 4.39 Å². The van der Waals surface area contributed by atoms with Gasteiger partial charge in [-0.1, -0.05) is 30.3 Å². The van der Waals surface area contributed by atoms with E-state index in [1.807, 2.05) is 18.2 Å². The van der Waals surface area contributed by atoms with Crippen LogP contribution in [0.15, 0.2) is 54.6 Å². The molecule has 3 heteroatoms. The maximum Gasteiger partial charge on any atom is 0.123 e. The third-order valence-electron chi connectivity index (χ3n) is 3.59. The SMILES string of the molecule is Fc1ccc(N2CCNCC2c2ccccc2)cc1. The Morgan fingerprint density at radius 1 is 1.00 bits per heavy atom. The van der Waals surface area contributed by atoms with Crippen LogP contribution >= 0.6 is 0 Å². The van der Waals surface area contributed by atoms with E-state index < -0.39 is 0 Å². The summed E-state index contributed by atoms with van der Waals surface area (Å²) in [4.78, 5) is 2.34. The molecule has 0 bridgehead atoms. The highest BCUT2D eigenvalue weighted by molar-refractivity contribution is 5.49. The first-order chi connectivity index (χ1) is 9.34. The van der Waals surface area contributed by atoms with Crippen molar-refractivity contribution in [1.29, 1.82) is 0 Å². The molecule has 2 nitrogen and oxygen atoms in total. The minimum atomic E-state index is -0.185. The summed E-state index contributed by atoms with van der Waals surface area (Å²) in [6.07, 6.45) is 0. The zero-order valence-corrected chi connectivity index (χ0v) is 10.7. The van der Waals surface area contributed by atoms with Crippen LogP contribution in [0.3, 0.4) is 0 Å². The van der Waals surface area contributed by atoms with E-state index in [-0.39, 0.29) is 5.82 Å². The van der Waals surface area contributed by atoms with E-state index in [0.29, 0.717) is 6.04 Å². The van der Waals surface area contributed by atoms with Crippen LogP contribution in [0.5, 0.6) is 0 Å². The lowest BCUT2D eigenvalue weighted by Gasteiger charge is -2.38. The monoisotopic (exact) mass is 256 g/mol. The van der Waals surface area contributed by atoms with Crippen LogP contribution in [0.25, 0.3) is 0 Å². The van der Waals surface area contributed by atoms with Crippen molar-refractivity contribution in [3.8, 4) is 0 Å². The second-order valence-electron chi connectivity index (χ2n) is 4.80. The first-order valence-corrected chi connectivity index (χ1v) is 6.62. The quantitative estimate of drug-likeness (QED) is 0.888. The van der Waals surface area contributed by atoms with Crippen LogP contribution in [0.4, 0.5) is 10.1 Å². The summed E-state index contributed by atoms with van der Waals surface area (Å²) in [6.45, 7) is 2.81. The van der Waals surface area contributed by atoms with Crippen LogP contribution in [0, 0.1) is 5.82 Å². The molecule has 2 aromatic rings. The molecule has 1 unspecified atom stereocenters. The number of hydrogen-bond donors (Lipinski definition) is 1. The molecule has 1 aliphatic rings. The Morgan fingerprint density at radius 3 is 2.47 bits per heavy atom. The Balaban J connectivity index is 1.91. The molecule has 3 rings (SSSR count). The van der Waals surface area contributed by atoms with Gasteiger partial charge in [0.05, 0.1) is 6.04 Å². The summed E-state index contributed by atoms with van der Waals surface area (Å²) in [5.74, 6) is -0.185. The van der Waals surface area contributed by atoms with Gasteiger partial charge in [-0.15, -0.1) is 0 Å². The summed E-state index contributed by atoms with van der Waals surface area (Å²) in [7, 11) is 0. The molecule has 0 aliphatic carbocycles. The third kappa shape index (κ3) is 2.61. The lowest BCUT2D eigenvalue weighted by atomic mass is 10.0. The molecule has 0 spiro atoms. The van der Waals surface area contributed by atoms with Gasteiger partial charge in [-0.25, -0.2) is 4.39 Å². The summed E-state index contributed by atoms with van der Waals surface area (Å²) in [5.41, 5.74) is 2.37. The summed E-state index contributed by atoms with van der Waals surface area (Å²) >= 11 is 0. The van der Waals surface area contributed by atoms with Crippen molar-refractivity contribution in [3.05, 3.63) is 66.0 Å². The van der Waals surface area contributed by atoms with Crippen molar-refractivity contribution in [1.82, 2.24) is 5.32 Å². The molecule has 1 fully saturated rings. The van der Waals surface area contributed by atoms with Crippen molar-refractivity contribution >= 4 is 5.69 Å². The minimum absolute atomic E-state index is 0.185. The summed E-state index contributed by atoms with van der Waals surface area (Å²) in [5, 5.41) is 3.43.